The van der Waals surface area contributed by atoms with Crippen molar-refractivity contribution in [2.75, 3.05) is 14.2 Å². The van der Waals surface area contributed by atoms with Gasteiger partial charge in [0.05, 0.1) is 20.3 Å². The van der Waals surface area contributed by atoms with E-state index < -0.39 is 12.2 Å². The van der Waals surface area contributed by atoms with Crippen LogP contribution in [0, 0.1) is 0 Å². The standard InChI is InChI=1S/C11H14O3.C10H14N2O2.CH4O.H4N2/c1-9(11(12)13-2)14-8-10-6-4-3-5-7-10;1-8(10(13)12-11)14-7-9-5-3-2-4-6-9;2*1-2/h3-7,9H,8H2,1-2H3;2-6,8H,7,11H2,1H3,(H,12,13);2H,1H3;1-2H2/t9-;8-;;/m11../s1. The monoisotopic (exact) mass is 452 g/mol. The van der Waals surface area contributed by atoms with Crippen molar-refractivity contribution in [2.24, 2.45) is 17.5 Å². The topological polar surface area (TPSA) is 172 Å². The maximum Gasteiger partial charge on any atom is 0.334 e. The van der Waals surface area contributed by atoms with E-state index in [1.54, 1.807) is 13.8 Å². The highest BCUT2D eigenvalue weighted by atomic mass is 16.6. The number of nitrogens with one attached hydrogen (secondary N) is 1. The molecule has 2 aromatic rings. The van der Waals surface area contributed by atoms with E-state index in [1.165, 1.54) is 7.11 Å². The van der Waals surface area contributed by atoms with E-state index in [4.69, 9.17) is 20.4 Å². The molecule has 8 N–H and O–H groups in total. The first-order valence-electron chi connectivity index (χ1n) is 9.65. The van der Waals surface area contributed by atoms with Gasteiger partial charge in [-0.15, -0.1) is 0 Å². The van der Waals surface area contributed by atoms with Crippen LogP contribution in [0.1, 0.15) is 25.0 Å². The van der Waals surface area contributed by atoms with Crippen molar-refractivity contribution in [3.05, 3.63) is 71.8 Å². The van der Waals surface area contributed by atoms with Crippen molar-refractivity contribution in [1.29, 1.82) is 0 Å². The number of hydrazine groups is 2. The van der Waals surface area contributed by atoms with Crippen LogP contribution in [0.15, 0.2) is 60.7 Å². The molecule has 0 bridgehead atoms. The van der Waals surface area contributed by atoms with Crippen LogP contribution in [0.25, 0.3) is 0 Å². The molecule has 180 valence electrons. The number of hydrogen-bond acceptors (Lipinski definition) is 9. The van der Waals surface area contributed by atoms with Gasteiger partial charge in [-0.2, -0.15) is 0 Å². The molecule has 0 radical (unpaired) electrons. The van der Waals surface area contributed by atoms with Crippen molar-refractivity contribution in [3.8, 4) is 0 Å². The number of carbonyl (C=O) groups is 2. The Morgan fingerprint density at radius 3 is 1.56 bits per heavy atom. The van der Waals surface area contributed by atoms with Crippen LogP contribution >= 0.6 is 0 Å². The molecule has 2 aromatic carbocycles. The fourth-order valence-electron chi connectivity index (χ4n) is 2.02. The summed E-state index contributed by atoms with van der Waals surface area (Å²) in [7, 11) is 2.35. The minimum atomic E-state index is -0.528. The number of rotatable bonds is 8. The molecule has 0 aliphatic rings. The molecule has 0 saturated carbocycles. The molecule has 32 heavy (non-hydrogen) atoms. The fourth-order valence-corrected chi connectivity index (χ4v) is 2.02. The lowest BCUT2D eigenvalue weighted by Crippen LogP contribution is -2.38. The van der Waals surface area contributed by atoms with Gasteiger partial charge in [0, 0.05) is 7.11 Å². The van der Waals surface area contributed by atoms with Crippen LogP contribution in [0.3, 0.4) is 0 Å². The lowest BCUT2D eigenvalue weighted by molar-refractivity contribution is -0.153. The number of amides is 1. The maximum atomic E-state index is 11.0. The zero-order valence-corrected chi connectivity index (χ0v) is 19.1. The van der Waals surface area contributed by atoms with Crippen LogP contribution in [0.2, 0.25) is 0 Å². The van der Waals surface area contributed by atoms with Crippen LogP contribution in [-0.4, -0.2) is 43.4 Å². The largest absolute Gasteiger partial charge is 0.467 e. The zero-order valence-electron chi connectivity index (χ0n) is 19.1. The van der Waals surface area contributed by atoms with Gasteiger partial charge in [-0.3, -0.25) is 21.9 Å². The Balaban J connectivity index is 0. The second-order valence-electron chi connectivity index (χ2n) is 5.91. The summed E-state index contributed by atoms with van der Waals surface area (Å²) in [6, 6.07) is 19.3. The molecule has 10 heteroatoms. The molecular formula is C22H36N4O6. The Labute approximate surface area is 189 Å². The minimum absolute atomic E-state index is 0.319. The quantitative estimate of drug-likeness (QED) is 0.168. The summed E-state index contributed by atoms with van der Waals surface area (Å²) >= 11 is 0. The summed E-state index contributed by atoms with van der Waals surface area (Å²) in [6.45, 7) is 4.17. The van der Waals surface area contributed by atoms with Crippen LogP contribution in [0.4, 0.5) is 0 Å². The van der Waals surface area contributed by atoms with Crippen LogP contribution < -0.4 is 23.0 Å². The predicted octanol–water partition coefficient (Wildman–Crippen LogP) is 0.774. The number of esters is 1. The number of carbonyl (C=O) groups excluding carboxylic acids is 2. The maximum absolute atomic E-state index is 11.0. The molecule has 0 spiro atoms. The highest BCUT2D eigenvalue weighted by Gasteiger charge is 2.13. The molecule has 2 atom stereocenters. The molecule has 0 aliphatic heterocycles. The first-order chi connectivity index (χ1) is 15.5. The van der Waals surface area contributed by atoms with E-state index in [1.807, 2.05) is 66.1 Å². The van der Waals surface area contributed by atoms with Crippen LogP contribution in [-0.2, 0) is 37.0 Å². The smallest absolute Gasteiger partial charge is 0.334 e. The zero-order chi connectivity index (χ0) is 24.8. The van der Waals surface area contributed by atoms with Gasteiger partial charge in [-0.1, -0.05) is 60.7 Å². The Morgan fingerprint density at radius 2 is 1.22 bits per heavy atom. The number of hydrogen-bond donors (Lipinski definition) is 5. The van der Waals surface area contributed by atoms with E-state index >= 15 is 0 Å². The van der Waals surface area contributed by atoms with Gasteiger partial charge in [0.25, 0.3) is 5.91 Å². The SMILES string of the molecule is CO.COC(=O)[C@@H](C)OCc1ccccc1.C[C@@H](OCc1ccccc1)C(=O)NN.NN. The molecule has 0 fully saturated rings. The molecule has 0 aliphatic carbocycles. The second kappa shape index (κ2) is 21.4. The summed E-state index contributed by atoms with van der Waals surface area (Å²) in [5, 5.41) is 7.00. The molecular weight excluding hydrogens is 416 g/mol. The molecule has 0 aromatic heterocycles. The number of benzene rings is 2. The fraction of sp³-hybridized carbons (Fsp3) is 0.364. The van der Waals surface area contributed by atoms with E-state index in [0.29, 0.717) is 13.2 Å². The molecule has 10 nitrogen and oxygen atoms in total. The highest BCUT2D eigenvalue weighted by molar-refractivity contribution is 5.79. The molecule has 0 unspecified atom stereocenters. The molecule has 0 saturated heterocycles. The Bertz CT molecular complexity index is 643. The Kier molecular flexibility index (Phi) is 20.9. The van der Waals surface area contributed by atoms with Gasteiger partial charge in [0.2, 0.25) is 0 Å². The number of aliphatic hydroxyl groups is 1. The average Bonchev–Trinajstić information content (AvgIpc) is 2.88. The third kappa shape index (κ3) is 15.0. The van der Waals surface area contributed by atoms with Gasteiger partial charge < -0.3 is 19.3 Å². The first kappa shape index (κ1) is 31.3. The van der Waals surface area contributed by atoms with Crippen molar-refractivity contribution < 1.29 is 28.9 Å². The van der Waals surface area contributed by atoms with Crippen molar-refractivity contribution in [3.63, 3.8) is 0 Å². The minimum Gasteiger partial charge on any atom is -0.467 e. The van der Waals surface area contributed by atoms with Crippen molar-refractivity contribution in [1.82, 2.24) is 5.43 Å². The summed E-state index contributed by atoms with van der Waals surface area (Å²) in [5.41, 5.74) is 4.11. The highest BCUT2D eigenvalue weighted by Crippen LogP contribution is 2.04. The molecule has 2 rings (SSSR count). The van der Waals surface area contributed by atoms with Crippen molar-refractivity contribution >= 4 is 11.9 Å². The van der Waals surface area contributed by atoms with Gasteiger partial charge >= 0.3 is 5.97 Å². The predicted molar refractivity (Wildman–Crippen MR) is 122 cm³/mol. The lowest BCUT2D eigenvalue weighted by atomic mass is 10.2. The Morgan fingerprint density at radius 1 is 0.844 bits per heavy atom. The molecule has 1 amide bonds. The lowest BCUT2D eigenvalue weighted by Gasteiger charge is -2.10. The summed E-state index contributed by atoms with van der Waals surface area (Å²) < 4.78 is 15.1. The Hall–Kier alpha value is -2.86. The number of aliphatic hydroxyl groups excluding tert-OH is 1. The summed E-state index contributed by atoms with van der Waals surface area (Å²) in [4.78, 5) is 22.0. The molecule has 0 heterocycles. The van der Waals surface area contributed by atoms with Crippen LogP contribution in [0.5, 0.6) is 0 Å². The van der Waals surface area contributed by atoms with Gasteiger partial charge in [0.15, 0.2) is 6.10 Å². The first-order valence-corrected chi connectivity index (χ1v) is 9.65. The summed E-state index contributed by atoms with van der Waals surface area (Å²) in [5.74, 6) is 12.3. The van der Waals surface area contributed by atoms with Gasteiger partial charge in [0.1, 0.15) is 6.10 Å². The van der Waals surface area contributed by atoms with E-state index in [2.05, 4.69) is 16.4 Å². The number of nitrogens with two attached hydrogens (primary N) is 3. The number of methoxy groups -OCH3 is 1. The van der Waals surface area contributed by atoms with Crippen molar-refractivity contribution in [2.45, 2.75) is 39.3 Å². The summed E-state index contributed by atoms with van der Waals surface area (Å²) in [6.07, 6.45) is -1.04. The number of ether oxygens (including phenoxy) is 3. The van der Waals surface area contributed by atoms with E-state index in [9.17, 15) is 9.59 Å². The third-order valence-corrected chi connectivity index (χ3v) is 3.73. The second-order valence-corrected chi connectivity index (χ2v) is 5.91. The van der Waals surface area contributed by atoms with Gasteiger partial charge in [-0.05, 0) is 25.0 Å². The average molecular weight is 453 g/mol. The van der Waals surface area contributed by atoms with Gasteiger partial charge in [-0.25, -0.2) is 10.6 Å². The third-order valence-electron chi connectivity index (χ3n) is 3.73. The van der Waals surface area contributed by atoms with E-state index in [0.717, 1.165) is 18.2 Å². The normalized spacial score (nSPS) is 11.0. The van der Waals surface area contributed by atoms with E-state index in [-0.39, 0.29) is 11.9 Å².